The zero-order chi connectivity index (χ0) is 19.1. The summed E-state index contributed by atoms with van der Waals surface area (Å²) in [5.74, 6) is 0.125. The molecule has 1 N–H and O–H groups in total. The van der Waals surface area contributed by atoms with Gasteiger partial charge >= 0.3 is 0 Å². The van der Waals surface area contributed by atoms with Gasteiger partial charge in [0.1, 0.15) is 0 Å². The van der Waals surface area contributed by atoms with Crippen LogP contribution in [0.25, 0.3) is 11.1 Å². The molecule has 0 saturated heterocycles. The van der Waals surface area contributed by atoms with E-state index in [0.29, 0.717) is 19.3 Å². The third-order valence-electron chi connectivity index (χ3n) is 4.39. The van der Waals surface area contributed by atoms with Crippen molar-refractivity contribution in [2.75, 3.05) is 5.32 Å². The Morgan fingerprint density at radius 1 is 0.926 bits per heavy atom. The van der Waals surface area contributed by atoms with Crippen LogP contribution < -0.4 is 5.32 Å². The summed E-state index contributed by atoms with van der Waals surface area (Å²) in [6, 6.07) is 19.2. The van der Waals surface area contributed by atoms with Gasteiger partial charge in [-0.15, -0.1) is 0 Å². The van der Waals surface area contributed by atoms with Crippen LogP contribution in [0.3, 0.4) is 0 Å². The number of hydrogen-bond donors (Lipinski definition) is 1. The second-order valence-electron chi connectivity index (χ2n) is 6.34. The first-order valence-electron chi connectivity index (χ1n) is 9.08. The van der Waals surface area contributed by atoms with Crippen molar-refractivity contribution in [2.24, 2.45) is 0 Å². The molecule has 0 aliphatic carbocycles. The number of carbonyl (C=O) groups is 2. The second-order valence-corrected chi connectivity index (χ2v) is 6.34. The molecule has 0 bridgehead atoms. The number of hydrogen-bond acceptors (Lipinski definition) is 3. The molecule has 0 atom stereocenters. The van der Waals surface area contributed by atoms with Crippen molar-refractivity contribution in [1.29, 1.82) is 0 Å². The van der Waals surface area contributed by atoms with E-state index >= 15 is 0 Å². The van der Waals surface area contributed by atoms with Crippen LogP contribution in [0.5, 0.6) is 0 Å². The van der Waals surface area contributed by atoms with Gasteiger partial charge in [0.25, 0.3) is 0 Å². The van der Waals surface area contributed by atoms with Gasteiger partial charge in [-0.25, -0.2) is 0 Å². The van der Waals surface area contributed by atoms with Crippen LogP contribution in [0.1, 0.15) is 35.7 Å². The Balaban J connectivity index is 1.62. The number of nitrogens with zero attached hydrogens (tertiary/aromatic N) is 1. The number of carbonyl (C=O) groups excluding carboxylic acids is 2. The van der Waals surface area contributed by atoms with Crippen LogP contribution in [0, 0.1) is 0 Å². The largest absolute Gasteiger partial charge is 0.326 e. The number of nitrogens with one attached hydrogen (secondary N) is 1. The summed E-state index contributed by atoms with van der Waals surface area (Å²) < 4.78 is 0. The minimum Gasteiger partial charge on any atom is -0.326 e. The van der Waals surface area contributed by atoms with Gasteiger partial charge in [0.15, 0.2) is 5.78 Å². The quantitative estimate of drug-likeness (QED) is 0.610. The summed E-state index contributed by atoms with van der Waals surface area (Å²) in [5, 5.41) is 2.83. The highest BCUT2D eigenvalue weighted by atomic mass is 16.1. The smallest absolute Gasteiger partial charge is 0.224 e. The number of amides is 1. The third kappa shape index (κ3) is 5.11. The van der Waals surface area contributed by atoms with Crippen LogP contribution in [0.2, 0.25) is 0 Å². The Morgan fingerprint density at radius 2 is 1.59 bits per heavy atom. The Bertz CT molecular complexity index is 901. The zero-order valence-corrected chi connectivity index (χ0v) is 15.3. The van der Waals surface area contributed by atoms with Gasteiger partial charge in [-0.2, -0.15) is 0 Å². The molecule has 3 aromatic rings. The van der Waals surface area contributed by atoms with Crippen molar-refractivity contribution in [3.05, 3.63) is 84.2 Å². The fraction of sp³-hybridized carbons (Fsp3) is 0.174. The predicted molar refractivity (Wildman–Crippen MR) is 108 cm³/mol. The van der Waals surface area contributed by atoms with E-state index < -0.39 is 0 Å². The third-order valence-corrected chi connectivity index (χ3v) is 4.39. The Kier molecular flexibility index (Phi) is 6.10. The van der Waals surface area contributed by atoms with E-state index in [1.54, 1.807) is 12.4 Å². The molecule has 27 heavy (non-hydrogen) atoms. The summed E-state index contributed by atoms with van der Waals surface area (Å²) >= 11 is 0. The van der Waals surface area contributed by atoms with Gasteiger partial charge in [-0.1, -0.05) is 49.4 Å². The van der Waals surface area contributed by atoms with Crippen molar-refractivity contribution in [1.82, 2.24) is 4.98 Å². The average molecular weight is 358 g/mol. The number of benzene rings is 2. The number of anilines is 1. The summed E-state index contributed by atoms with van der Waals surface area (Å²) in [5.41, 5.74) is 4.64. The minimum absolute atomic E-state index is 0.00287. The maximum Gasteiger partial charge on any atom is 0.224 e. The summed E-state index contributed by atoms with van der Waals surface area (Å²) in [7, 11) is 0. The number of aryl methyl sites for hydroxylation is 1. The fourth-order valence-corrected chi connectivity index (χ4v) is 2.79. The number of Topliss-reactive ketones (excluding diaryl/α,β-unsaturated/α-hetero) is 1. The Labute approximate surface area is 159 Å². The molecular weight excluding hydrogens is 336 g/mol. The molecule has 3 rings (SSSR count). The molecule has 0 unspecified atom stereocenters. The van der Waals surface area contributed by atoms with E-state index in [9.17, 15) is 9.59 Å². The lowest BCUT2D eigenvalue weighted by Gasteiger charge is -2.07. The molecule has 0 saturated carbocycles. The molecule has 0 radical (unpaired) electrons. The number of aromatic nitrogens is 1. The molecule has 1 heterocycles. The maximum atomic E-state index is 12.4. The first-order chi connectivity index (χ1) is 13.2. The minimum atomic E-state index is -0.00287. The van der Waals surface area contributed by atoms with Crippen molar-refractivity contribution in [3.8, 4) is 11.1 Å². The van der Waals surface area contributed by atoms with Gasteiger partial charge < -0.3 is 5.32 Å². The summed E-state index contributed by atoms with van der Waals surface area (Å²) in [4.78, 5) is 27.9. The van der Waals surface area contributed by atoms with Crippen LogP contribution in [-0.2, 0) is 11.2 Å². The fourth-order valence-electron chi connectivity index (χ4n) is 2.79. The van der Waals surface area contributed by atoms with Gasteiger partial charge in [-0.3, -0.25) is 14.6 Å². The standard InChI is InChI=1S/C23H22N2O2/c1-2-23(27)25-21-12-10-19(11-13-21)18-6-8-20(9-7-18)22(26)14-5-17-4-3-15-24-16-17/h3-4,6-13,15-16H,2,5,14H2,1H3,(H,25,27). The molecule has 1 aromatic heterocycles. The number of rotatable bonds is 7. The lowest BCUT2D eigenvalue weighted by Crippen LogP contribution is -2.08. The molecule has 2 aromatic carbocycles. The topological polar surface area (TPSA) is 59.1 Å². The normalized spacial score (nSPS) is 10.4. The highest BCUT2D eigenvalue weighted by Crippen LogP contribution is 2.22. The molecule has 0 fully saturated rings. The van der Waals surface area contributed by atoms with E-state index in [1.165, 1.54) is 0 Å². The van der Waals surface area contributed by atoms with Gasteiger partial charge in [-0.05, 0) is 41.3 Å². The van der Waals surface area contributed by atoms with Crippen molar-refractivity contribution in [3.63, 3.8) is 0 Å². The molecular formula is C23H22N2O2. The van der Waals surface area contributed by atoms with Crippen LogP contribution in [-0.4, -0.2) is 16.7 Å². The number of pyridine rings is 1. The molecule has 136 valence electrons. The van der Waals surface area contributed by atoms with Gasteiger partial charge in [0, 0.05) is 36.5 Å². The van der Waals surface area contributed by atoms with E-state index in [0.717, 1.165) is 27.9 Å². The van der Waals surface area contributed by atoms with Gasteiger partial charge in [0.05, 0.1) is 0 Å². The Hall–Kier alpha value is -3.27. The highest BCUT2D eigenvalue weighted by Gasteiger charge is 2.07. The van der Waals surface area contributed by atoms with Crippen LogP contribution in [0.15, 0.2) is 73.1 Å². The van der Waals surface area contributed by atoms with Crippen LogP contribution in [0.4, 0.5) is 5.69 Å². The molecule has 4 heteroatoms. The average Bonchev–Trinajstić information content (AvgIpc) is 2.73. The van der Waals surface area contributed by atoms with Crippen molar-refractivity contribution < 1.29 is 9.59 Å². The molecule has 1 amide bonds. The summed E-state index contributed by atoms with van der Waals surface area (Å²) in [6.45, 7) is 1.82. The van der Waals surface area contributed by atoms with E-state index in [2.05, 4.69) is 10.3 Å². The SMILES string of the molecule is CCC(=O)Nc1ccc(-c2ccc(C(=O)CCc3cccnc3)cc2)cc1. The van der Waals surface area contributed by atoms with E-state index in [-0.39, 0.29) is 11.7 Å². The first kappa shape index (κ1) is 18.5. The highest BCUT2D eigenvalue weighted by molar-refractivity contribution is 5.96. The monoisotopic (exact) mass is 358 g/mol. The first-order valence-corrected chi connectivity index (χ1v) is 9.08. The lowest BCUT2D eigenvalue weighted by molar-refractivity contribution is -0.115. The van der Waals surface area contributed by atoms with Crippen molar-refractivity contribution in [2.45, 2.75) is 26.2 Å². The lowest BCUT2D eigenvalue weighted by atomic mass is 9.99. The predicted octanol–water partition coefficient (Wildman–Crippen LogP) is 4.91. The summed E-state index contributed by atoms with van der Waals surface area (Å²) in [6.07, 6.45) is 5.14. The van der Waals surface area contributed by atoms with E-state index in [1.807, 2.05) is 67.6 Å². The van der Waals surface area contributed by atoms with Gasteiger partial charge in [0.2, 0.25) is 5.91 Å². The van der Waals surface area contributed by atoms with Crippen molar-refractivity contribution >= 4 is 17.4 Å². The van der Waals surface area contributed by atoms with E-state index in [4.69, 9.17) is 0 Å². The Morgan fingerprint density at radius 3 is 2.19 bits per heavy atom. The zero-order valence-electron chi connectivity index (χ0n) is 15.3. The molecule has 0 aliphatic rings. The second kappa shape index (κ2) is 8.90. The number of ketones is 1. The maximum absolute atomic E-state index is 12.4. The molecule has 0 aliphatic heterocycles. The molecule has 0 spiro atoms. The van der Waals surface area contributed by atoms with Crippen LogP contribution >= 0.6 is 0 Å². The molecule has 4 nitrogen and oxygen atoms in total.